The van der Waals surface area contributed by atoms with Gasteiger partial charge >= 0.3 is 0 Å². The first-order valence-corrected chi connectivity index (χ1v) is 10.0. The first kappa shape index (κ1) is 15.9. The van der Waals surface area contributed by atoms with Crippen LogP contribution in [0.3, 0.4) is 0 Å². The average molecular weight is 374 g/mol. The lowest BCUT2D eigenvalue weighted by atomic mass is 10.2. The second-order valence-corrected chi connectivity index (χ2v) is 8.57. The van der Waals surface area contributed by atoms with E-state index >= 15 is 0 Å². The molecule has 0 saturated heterocycles. The third-order valence-electron chi connectivity index (χ3n) is 3.82. The first-order chi connectivity index (χ1) is 12.0. The Morgan fingerprint density at radius 1 is 1.24 bits per heavy atom. The van der Waals surface area contributed by atoms with Gasteiger partial charge in [0.2, 0.25) is 0 Å². The van der Waals surface area contributed by atoms with Crippen LogP contribution in [0.25, 0.3) is 21.1 Å². The van der Waals surface area contributed by atoms with Crippen LogP contribution < -0.4 is 10.1 Å². The van der Waals surface area contributed by atoms with Crippen molar-refractivity contribution in [2.75, 3.05) is 18.7 Å². The fourth-order valence-electron chi connectivity index (χ4n) is 2.59. The van der Waals surface area contributed by atoms with Crippen LogP contribution in [0.15, 0.2) is 41.4 Å². The number of aromatic amines is 1. The van der Waals surface area contributed by atoms with Crippen LogP contribution in [-0.2, 0) is 9.84 Å². The van der Waals surface area contributed by atoms with E-state index in [0.29, 0.717) is 16.6 Å². The Kier molecular flexibility index (Phi) is 3.62. The number of fused-ring (bicyclic) bond motifs is 3. The normalized spacial score (nSPS) is 11.9. The number of thiazole rings is 1. The largest absolute Gasteiger partial charge is 0.495 e. The Balaban J connectivity index is 1.80. The van der Waals surface area contributed by atoms with Crippen LogP contribution in [0.2, 0.25) is 0 Å². The number of nitrogens with zero attached hydrogens (tertiary/aromatic N) is 2. The molecular weight excluding hydrogens is 360 g/mol. The highest BCUT2D eigenvalue weighted by Gasteiger charge is 2.14. The fraction of sp³-hybridized carbons (Fsp3) is 0.125. The summed E-state index contributed by atoms with van der Waals surface area (Å²) in [5.41, 5.74) is 2.31. The standard InChI is InChI=1S/C16H14N4O3S2/c1-23-13-5-3-9(25(2,21)22)7-12(13)18-16-19-15-10-8-17-20-11(10)4-6-14(15)24-16/h3-8H,1-2H3,(H,17,20)(H,18,19). The molecule has 0 fully saturated rings. The predicted molar refractivity (Wildman–Crippen MR) is 98.7 cm³/mol. The van der Waals surface area contributed by atoms with Gasteiger partial charge in [0.05, 0.1) is 39.6 Å². The highest BCUT2D eigenvalue weighted by molar-refractivity contribution is 7.90. The molecule has 0 aliphatic heterocycles. The Morgan fingerprint density at radius 3 is 2.84 bits per heavy atom. The van der Waals surface area contributed by atoms with Gasteiger partial charge in [-0.05, 0) is 30.3 Å². The molecule has 2 N–H and O–H groups in total. The van der Waals surface area contributed by atoms with Crippen molar-refractivity contribution in [3.05, 3.63) is 36.5 Å². The van der Waals surface area contributed by atoms with Crippen LogP contribution in [0, 0.1) is 0 Å². The summed E-state index contributed by atoms with van der Waals surface area (Å²) in [6.07, 6.45) is 2.91. The summed E-state index contributed by atoms with van der Waals surface area (Å²) in [6, 6.07) is 8.63. The minimum absolute atomic E-state index is 0.217. The molecule has 4 rings (SSSR count). The van der Waals surface area contributed by atoms with Crippen molar-refractivity contribution < 1.29 is 13.2 Å². The number of anilines is 2. The molecule has 2 aromatic carbocycles. The van der Waals surface area contributed by atoms with E-state index in [9.17, 15) is 8.42 Å². The summed E-state index contributed by atoms with van der Waals surface area (Å²) in [6.45, 7) is 0. The highest BCUT2D eigenvalue weighted by Crippen LogP contribution is 2.35. The summed E-state index contributed by atoms with van der Waals surface area (Å²) in [7, 11) is -1.78. The number of rotatable bonds is 4. The number of nitrogens with one attached hydrogen (secondary N) is 2. The number of hydrogen-bond donors (Lipinski definition) is 2. The third-order valence-corrected chi connectivity index (χ3v) is 5.87. The Morgan fingerprint density at radius 2 is 2.08 bits per heavy atom. The number of ether oxygens (including phenoxy) is 1. The Labute approximate surface area is 147 Å². The van der Waals surface area contributed by atoms with Gasteiger partial charge in [-0.15, -0.1) is 0 Å². The molecule has 9 heteroatoms. The molecule has 0 amide bonds. The summed E-state index contributed by atoms with van der Waals surface area (Å²) in [5, 5.41) is 11.7. The third kappa shape index (κ3) is 2.81. The van der Waals surface area contributed by atoms with Crippen molar-refractivity contribution in [3.63, 3.8) is 0 Å². The zero-order valence-corrected chi connectivity index (χ0v) is 15.0. The molecule has 0 unspecified atom stereocenters. The smallest absolute Gasteiger partial charge is 0.188 e. The monoisotopic (exact) mass is 374 g/mol. The van der Waals surface area contributed by atoms with Crippen molar-refractivity contribution in [1.82, 2.24) is 15.2 Å². The predicted octanol–water partition coefficient (Wildman–Crippen LogP) is 3.33. The van der Waals surface area contributed by atoms with Crippen LogP contribution in [0.4, 0.5) is 10.8 Å². The minimum Gasteiger partial charge on any atom is -0.495 e. The van der Waals surface area contributed by atoms with Gasteiger partial charge in [-0.2, -0.15) is 5.10 Å². The molecular formula is C16H14N4O3S2. The van der Waals surface area contributed by atoms with Gasteiger partial charge in [0.15, 0.2) is 15.0 Å². The van der Waals surface area contributed by atoms with E-state index < -0.39 is 9.84 Å². The average Bonchev–Trinajstić information content (AvgIpc) is 3.19. The van der Waals surface area contributed by atoms with Crippen molar-refractivity contribution in [1.29, 1.82) is 0 Å². The molecule has 128 valence electrons. The van der Waals surface area contributed by atoms with Gasteiger partial charge < -0.3 is 10.1 Å². The van der Waals surface area contributed by atoms with Gasteiger partial charge in [0, 0.05) is 11.6 Å². The van der Waals surface area contributed by atoms with Crippen LogP contribution in [0.1, 0.15) is 0 Å². The first-order valence-electron chi connectivity index (χ1n) is 7.33. The maximum Gasteiger partial charge on any atom is 0.188 e. The molecule has 0 bridgehead atoms. The topological polar surface area (TPSA) is 97.0 Å². The van der Waals surface area contributed by atoms with Crippen molar-refractivity contribution in [3.8, 4) is 5.75 Å². The maximum absolute atomic E-state index is 11.8. The van der Waals surface area contributed by atoms with Crippen molar-refractivity contribution in [2.24, 2.45) is 0 Å². The molecule has 2 heterocycles. The van der Waals surface area contributed by atoms with E-state index in [-0.39, 0.29) is 4.90 Å². The zero-order valence-electron chi connectivity index (χ0n) is 13.4. The summed E-state index contributed by atoms with van der Waals surface area (Å²) in [5.74, 6) is 0.542. The summed E-state index contributed by atoms with van der Waals surface area (Å²) in [4.78, 5) is 4.83. The van der Waals surface area contributed by atoms with Gasteiger partial charge in [-0.25, -0.2) is 13.4 Å². The van der Waals surface area contributed by atoms with Gasteiger partial charge in [-0.1, -0.05) is 11.3 Å². The molecule has 2 aromatic heterocycles. The van der Waals surface area contributed by atoms with E-state index in [1.807, 2.05) is 12.1 Å². The van der Waals surface area contributed by atoms with E-state index in [0.717, 1.165) is 21.1 Å². The van der Waals surface area contributed by atoms with E-state index in [4.69, 9.17) is 4.74 Å². The molecule has 0 atom stereocenters. The second kappa shape index (κ2) is 5.71. The SMILES string of the molecule is COc1ccc(S(C)(=O)=O)cc1Nc1nc2c(ccc3[nH]ncc32)s1. The molecule has 7 nitrogen and oxygen atoms in total. The van der Waals surface area contributed by atoms with Gasteiger partial charge in [0.1, 0.15) is 5.75 Å². The number of methoxy groups -OCH3 is 1. The molecule has 0 saturated carbocycles. The lowest BCUT2D eigenvalue weighted by Crippen LogP contribution is -2.00. The lowest BCUT2D eigenvalue weighted by molar-refractivity contribution is 0.416. The molecule has 0 aliphatic rings. The molecule has 0 spiro atoms. The number of hydrogen-bond acceptors (Lipinski definition) is 7. The van der Waals surface area contributed by atoms with E-state index in [1.54, 1.807) is 18.3 Å². The molecule has 0 aliphatic carbocycles. The number of aromatic nitrogens is 3. The fourth-order valence-corrected chi connectivity index (χ4v) is 4.13. The number of sulfone groups is 1. The van der Waals surface area contributed by atoms with E-state index in [2.05, 4.69) is 20.5 Å². The molecule has 0 radical (unpaired) electrons. The van der Waals surface area contributed by atoms with Crippen LogP contribution >= 0.6 is 11.3 Å². The summed E-state index contributed by atoms with van der Waals surface area (Å²) >= 11 is 1.47. The Bertz CT molecular complexity index is 1190. The highest BCUT2D eigenvalue weighted by atomic mass is 32.2. The second-order valence-electron chi connectivity index (χ2n) is 5.52. The van der Waals surface area contributed by atoms with Crippen LogP contribution in [0.5, 0.6) is 5.75 Å². The van der Waals surface area contributed by atoms with Crippen LogP contribution in [-0.4, -0.2) is 37.0 Å². The van der Waals surface area contributed by atoms with E-state index in [1.165, 1.54) is 30.8 Å². The molecule has 25 heavy (non-hydrogen) atoms. The minimum atomic E-state index is -3.31. The number of benzene rings is 2. The van der Waals surface area contributed by atoms with Crippen molar-refractivity contribution in [2.45, 2.75) is 4.90 Å². The molecule has 4 aromatic rings. The zero-order chi connectivity index (χ0) is 17.6. The summed E-state index contributed by atoms with van der Waals surface area (Å²) < 4.78 is 29.9. The van der Waals surface area contributed by atoms with Gasteiger partial charge in [0.25, 0.3) is 0 Å². The van der Waals surface area contributed by atoms with Crippen molar-refractivity contribution >= 4 is 53.1 Å². The maximum atomic E-state index is 11.8. The Hall–Kier alpha value is -2.65. The lowest BCUT2D eigenvalue weighted by Gasteiger charge is -2.10. The number of H-pyrrole nitrogens is 1. The van der Waals surface area contributed by atoms with Gasteiger partial charge in [-0.3, -0.25) is 5.10 Å². The quantitative estimate of drug-likeness (QED) is 0.569.